The number of amidine groups is 1. The predicted octanol–water partition coefficient (Wildman–Crippen LogP) is 3.16. The highest BCUT2D eigenvalue weighted by molar-refractivity contribution is 5.96. The van der Waals surface area contributed by atoms with E-state index in [4.69, 9.17) is 9.73 Å². The molecule has 0 radical (unpaired) electrons. The van der Waals surface area contributed by atoms with Crippen LogP contribution in [0.2, 0.25) is 0 Å². The SMILES string of the molecule is O=C(O[C@@H]1CCN2Cc3ccccc3N=C12)c1ccccc1. The van der Waals surface area contributed by atoms with Gasteiger partial charge in [0, 0.05) is 19.5 Å². The fraction of sp³-hybridized carbons (Fsp3) is 0.222. The highest BCUT2D eigenvalue weighted by Crippen LogP contribution is 2.31. The van der Waals surface area contributed by atoms with Gasteiger partial charge in [0.15, 0.2) is 6.10 Å². The highest BCUT2D eigenvalue weighted by Gasteiger charge is 2.35. The van der Waals surface area contributed by atoms with Crippen LogP contribution >= 0.6 is 0 Å². The van der Waals surface area contributed by atoms with Crippen molar-refractivity contribution in [3.05, 3.63) is 65.7 Å². The number of aliphatic imine (C=N–C) groups is 1. The Kier molecular flexibility index (Phi) is 3.15. The Balaban J connectivity index is 1.57. The lowest BCUT2D eigenvalue weighted by Crippen LogP contribution is -2.33. The first-order valence-electron chi connectivity index (χ1n) is 7.49. The van der Waals surface area contributed by atoms with Crippen LogP contribution in [0.3, 0.4) is 0 Å². The van der Waals surface area contributed by atoms with Crippen molar-refractivity contribution in [2.75, 3.05) is 6.54 Å². The number of ether oxygens (including phenoxy) is 1. The number of hydrogen-bond donors (Lipinski definition) is 0. The number of rotatable bonds is 2. The molecule has 0 amide bonds. The van der Waals surface area contributed by atoms with Crippen LogP contribution in [0.25, 0.3) is 0 Å². The van der Waals surface area contributed by atoms with Crippen LogP contribution < -0.4 is 0 Å². The Morgan fingerprint density at radius 2 is 1.86 bits per heavy atom. The lowest BCUT2D eigenvalue weighted by Gasteiger charge is -2.26. The lowest BCUT2D eigenvalue weighted by molar-refractivity contribution is 0.0430. The quantitative estimate of drug-likeness (QED) is 0.798. The minimum absolute atomic E-state index is 0.249. The number of fused-ring (bicyclic) bond motifs is 2. The Hall–Kier alpha value is -2.62. The van der Waals surface area contributed by atoms with Gasteiger partial charge in [-0.3, -0.25) is 0 Å². The summed E-state index contributed by atoms with van der Waals surface area (Å²) >= 11 is 0. The van der Waals surface area contributed by atoms with Crippen molar-refractivity contribution in [1.29, 1.82) is 0 Å². The maximum absolute atomic E-state index is 12.2. The number of benzene rings is 2. The summed E-state index contributed by atoms with van der Waals surface area (Å²) in [6.45, 7) is 1.72. The number of carbonyl (C=O) groups is 1. The number of nitrogens with zero attached hydrogens (tertiary/aromatic N) is 2. The Bertz CT molecular complexity index is 740. The molecule has 2 aliphatic rings. The molecular formula is C18H16N2O2. The number of hydrogen-bond acceptors (Lipinski definition) is 4. The van der Waals surface area contributed by atoms with Crippen LogP contribution in [0.1, 0.15) is 22.3 Å². The third-order valence-electron chi connectivity index (χ3n) is 4.12. The summed E-state index contributed by atoms with van der Waals surface area (Å²) in [7, 11) is 0. The first-order chi connectivity index (χ1) is 10.8. The van der Waals surface area contributed by atoms with Gasteiger partial charge in [0.1, 0.15) is 5.84 Å². The van der Waals surface area contributed by atoms with Gasteiger partial charge < -0.3 is 9.64 Å². The smallest absolute Gasteiger partial charge is 0.338 e. The lowest BCUT2D eigenvalue weighted by atomic mass is 10.1. The summed E-state index contributed by atoms with van der Waals surface area (Å²) in [5, 5.41) is 0. The molecule has 0 spiro atoms. The minimum Gasteiger partial charge on any atom is -0.451 e. The molecule has 2 heterocycles. The molecule has 0 unspecified atom stereocenters. The van der Waals surface area contributed by atoms with Crippen molar-refractivity contribution in [2.24, 2.45) is 4.99 Å². The van der Waals surface area contributed by atoms with Crippen molar-refractivity contribution in [1.82, 2.24) is 4.90 Å². The van der Waals surface area contributed by atoms with Gasteiger partial charge in [0.25, 0.3) is 0 Å². The number of carbonyl (C=O) groups excluding carboxylic acids is 1. The summed E-state index contributed by atoms with van der Waals surface area (Å²) in [5.41, 5.74) is 2.79. The molecule has 22 heavy (non-hydrogen) atoms. The zero-order valence-electron chi connectivity index (χ0n) is 12.1. The number of para-hydroxylation sites is 1. The molecule has 4 rings (SSSR count). The van der Waals surface area contributed by atoms with Gasteiger partial charge in [-0.2, -0.15) is 0 Å². The average Bonchev–Trinajstić information content (AvgIpc) is 2.95. The Labute approximate surface area is 129 Å². The fourth-order valence-corrected chi connectivity index (χ4v) is 2.99. The molecule has 2 aromatic carbocycles. The topological polar surface area (TPSA) is 41.9 Å². The van der Waals surface area contributed by atoms with E-state index in [-0.39, 0.29) is 12.1 Å². The molecule has 1 atom stereocenters. The maximum Gasteiger partial charge on any atom is 0.338 e. The molecule has 0 saturated carbocycles. The van der Waals surface area contributed by atoms with Crippen molar-refractivity contribution in [3.63, 3.8) is 0 Å². The van der Waals surface area contributed by atoms with Gasteiger partial charge >= 0.3 is 5.97 Å². The normalized spacial score (nSPS) is 19.2. The van der Waals surface area contributed by atoms with Gasteiger partial charge in [-0.15, -0.1) is 0 Å². The molecular weight excluding hydrogens is 276 g/mol. The predicted molar refractivity (Wildman–Crippen MR) is 84.2 cm³/mol. The van der Waals surface area contributed by atoms with Crippen molar-refractivity contribution >= 4 is 17.5 Å². The van der Waals surface area contributed by atoms with Gasteiger partial charge in [-0.1, -0.05) is 36.4 Å². The van der Waals surface area contributed by atoms with Gasteiger partial charge in [0.05, 0.1) is 11.3 Å². The summed E-state index contributed by atoms with van der Waals surface area (Å²) in [5.74, 6) is 0.594. The number of esters is 1. The molecule has 4 heteroatoms. The standard InChI is InChI=1S/C18H16N2O2/c21-18(13-6-2-1-3-7-13)22-16-10-11-20-12-14-8-4-5-9-15(14)19-17(16)20/h1-9,16H,10-12H2/t16-/m1/s1. The van der Waals surface area contributed by atoms with E-state index in [0.29, 0.717) is 5.56 Å². The van der Waals surface area contributed by atoms with Gasteiger partial charge in [0.2, 0.25) is 0 Å². The maximum atomic E-state index is 12.2. The van der Waals surface area contributed by atoms with E-state index >= 15 is 0 Å². The summed E-state index contributed by atoms with van der Waals surface area (Å²) in [4.78, 5) is 19.1. The molecule has 1 fully saturated rings. The largest absolute Gasteiger partial charge is 0.451 e. The van der Waals surface area contributed by atoms with Crippen molar-refractivity contribution in [3.8, 4) is 0 Å². The average molecular weight is 292 g/mol. The second kappa shape index (κ2) is 5.30. The van der Waals surface area contributed by atoms with E-state index in [1.54, 1.807) is 12.1 Å². The van der Waals surface area contributed by atoms with Gasteiger partial charge in [-0.05, 0) is 23.8 Å². The molecule has 0 bridgehead atoms. The second-order valence-electron chi connectivity index (χ2n) is 5.57. The summed E-state index contributed by atoms with van der Waals surface area (Å²) in [6.07, 6.45) is 0.548. The molecule has 0 aliphatic carbocycles. The molecule has 2 aromatic rings. The monoisotopic (exact) mass is 292 g/mol. The second-order valence-corrected chi connectivity index (χ2v) is 5.57. The van der Waals surface area contributed by atoms with Crippen LogP contribution in [0, 0.1) is 0 Å². The van der Waals surface area contributed by atoms with Gasteiger partial charge in [-0.25, -0.2) is 9.79 Å². The third-order valence-corrected chi connectivity index (χ3v) is 4.12. The summed E-state index contributed by atoms with van der Waals surface area (Å²) in [6, 6.07) is 17.2. The van der Waals surface area contributed by atoms with E-state index in [1.165, 1.54) is 5.56 Å². The third kappa shape index (κ3) is 2.26. The zero-order chi connectivity index (χ0) is 14.9. The van der Waals surface area contributed by atoms with Crippen molar-refractivity contribution in [2.45, 2.75) is 19.1 Å². The molecule has 110 valence electrons. The molecule has 4 nitrogen and oxygen atoms in total. The van der Waals surface area contributed by atoms with E-state index in [1.807, 2.05) is 36.4 Å². The van der Waals surface area contributed by atoms with Crippen LogP contribution in [-0.2, 0) is 11.3 Å². The van der Waals surface area contributed by atoms with E-state index in [2.05, 4.69) is 11.0 Å². The van der Waals surface area contributed by atoms with E-state index in [9.17, 15) is 4.79 Å². The molecule has 0 aromatic heterocycles. The van der Waals surface area contributed by atoms with Crippen LogP contribution in [-0.4, -0.2) is 29.4 Å². The first kappa shape index (κ1) is 13.1. The Morgan fingerprint density at radius 3 is 2.73 bits per heavy atom. The first-order valence-corrected chi connectivity index (χ1v) is 7.49. The molecule has 0 N–H and O–H groups in total. The van der Waals surface area contributed by atoms with Crippen LogP contribution in [0.5, 0.6) is 0 Å². The van der Waals surface area contributed by atoms with Crippen LogP contribution in [0.15, 0.2) is 59.6 Å². The highest BCUT2D eigenvalue weighted by atomic mass is 16.5. The van der Waals surface area contributed by atoms with E-state index in [0.717, 1.165) is 31.0 Å². The van der Waals surface area contributed by atoms with Crippen molar-refractivity contribution < 1.29 is 9.53 Å². The fourth-order valence-electron chi connectivity index (χ4n) is 2.99. The zero-order valence-corrected chi connectivity index (χ0v) is 12.1. The van der Waals surface area contributed by atoms with E-state index < -0.39 is 0 Å². The molecule has 2 aliphatic heterocycles. The Morgan fingerprint density at radius 1 is 1.09 bits per heavy atom. The van der Waals surface area contributed by atoms with Crippen LogP contribution in [0.4, 0.5) is 5.69 Å². The minimum atomic E-state index is -0.283. The molecule has 1 saturated heterocycles. The summed E-state index contributed by atoms with van der Waals surface area (Å²) < 4.78 is 5.67.